The highest BCUT2D eigenvalue weighted by Crippen LogP contribution is 2.17. The van der Waals surface area contributed by atoms with Crippen LogP contribution in [-0.4, -0.2) is 41.2 Å². The monoisotopic (exact) mass is 294 g/mol. The van der Waals surface area contributed by atoms with Gasteiger partial charge in [0.05, 0.1) is 6.54 Å². The number of rotatable bonds is 4. The Balaban J connectivity index is 0.00000147. The second-order valence-corrected chi connectivity index (χ2v) is 4.89. The van der Waals surface area contributed by atoms with Gasteiger partial charge in [0.15, 0.2) is 0 Å². The first-order chi connectivity index (χ1) is 9.35. The Morgan fingerprint density at radius 2 is 2.15 bits per heavy atom. The first kappa shape index (κ1) is 15.0. The van der Waals surface area contributed by atoms with Gasteiger partial charge in [-0.2, -0.15) is 4.98 Å². The molecule has 1 aromatic heterocycles. The van der Waals surface area contributed by atoms with Crippen molar-refractivity contribution in [3.8, 4) is 11.4 Å². The molecule has 1 saturated heterocycles. The first-order valence-corrected chi connectivity index (χ1v) is 6.63. The van der Waals surface area contributed by atoms with Gasteiger partial charge in [-0.05, 0) is 13.5 Å². The van der Waals surface area contributed by atoms with Crippen LogP contribution in [0, 0.1) is 0 Å². The van der Waals surface area contributed by atoms with Crippen molar-refractivity contribution in [3.05, 3.63) is 36.2 Å². The fraction of sp³-hybridized carbons (Fsp3) is 0.429. The minimum Gasteiger partial charge on any atom is -0.338 e. The van der Waals surface area contributed by atoms with Crippen molar-refractivity contribution in [1.29, 1.82) is 0 Å². The van der Waals surface area contributed by atoms with Crippen LogP contribution in [0.2, 0.25) is 0 Å². The molecule has 20 heavy (non-hydrogen) atoms. The van der Waals surface area contributed by atoms with Crippen LogP contribution in [0.4, 0.5) is 0 Å². The lowest BCUT2D eigenvalue weighted by Crippen LogP contribution is -2.29. The molecule has 1 unspecified atom stereocenters. The molecule has 0 spiro atoms. The van der Waals surface area contributed by atoms with Crippen LogP contribution in [0.1, 0.15) is 12.3 Å². The van der Waals surface area contributed by atoms with Gasteiger partial charge < -0.3 is 9.84 Å². The van der Waals surface area contributed by atoms with E-state index >= 15 is 0 Å². The zero-order valence-corrected chi connectivity index (χ0v) is 12.3. The van der Waals surface area contributed by atoms with Crippen molar-refractivity contribution in [2.24, 2.45) is 0 Å². The molecule has 6 heteroatoms. The lowest BCUT2D eigenvalue weighted by Gasteiger charge is -2.12. The van der Waals surface area contributed by atoms with Gasteiger partial charge in [-0.15, -0.1) is 12.4 Å². The molecule has 108 valence electrons. The molecule has 2 heterocycles. The number of aromatic nitrogens is 2. The Labute approximate surface area is 124 Å². The standard InChI is InChI=1S/C14H18N4O.ClH/c1-15-12-7-8-18(9-12)10-13-16-14(17-19-13)11-5-3-2-4-6-11;/h2-6,12,15H,7-10H2,1H3;1H. The highest BCUT2D eigenvalue weighted by atomic mass is 35.5. The molecule has 1 aliphatic heterocycles. The van der Waals surface area contributed by atoms with Crippen molar-refractivity contribution in [2.75, 3.05) is 20.1 Å². The molecule has 0 saturated carbocycles. The maximum atomic E-state index is 5.33. The van der Waals surface area contributed by atoms with Gasteiger partial charge in [0.1, 0.15) is 0 Å². The minimum absolute atomic E-state index is 0. The Hall–Kier alpha value is -1.43. The summed E-state index contributed by atoms with van der Waals surface area (Å²) in [6, 6.07) is 10.5. The quantitative estimate of drug-likeness (QED) is 0.934. The molecule has 1 aliphatic rings. The van der Waals surface area contributed by atoms with Crippen LogP contribution < -0.4 is 5.32 Å². The highest BCUT2D eigenvalue weighted by Gasteiger charge is 2.22. The number of nitrogens with one attached hydrogen (secondary N) is 1. The lowest BCUT2D eigenvalue weighted by molar-refractivity contribution is 0.263. The second-order valence-electron chi connectivity index (χ2n) is 4.89. The molecule has 1 aromatic carbocycles. The minimum atomic E-state index is 0. The molecule has 2 aromatic rings. The second kappa shape index (κ2) is 6.83. The Morgan fingerprint density at radius 3 is 2.85 bits per heavy atom. The SMILES string of the molecule is CNC1CCN(Cc2nc(-c3ccccc3)no2)C1.Cl. The van der Waals surface area contributed by atoms with Crippen molar-refractivity contribution >= 4 is 12.4 Å². The van der Waals surface area contributed by atoms with Gasteiger partial charge >= 0.3 is 0 Å². The summed E-state index contributed by atoms with van der Waals surface area (Å²) in [5.74, 6) is 1.36. The third-order valence-corrected chi connectivity index (χ3v) is 3.54. The molecule has 0 aliphatic carbocycles. The van der Waals surface area contributed by atoms with Crippen LogP contribution in [0.5, 0.6) is 0 Å². The average Bonchev–Trinajstić information content (AvgIpc) is 3.09. The molecule has 3 rings (SSSR count). The van der Waals surface area contributed by atoms with Crippen molar-refractivity contribution in [1.82, 2.24) is 20.4 Å². The fourth-order valence-corrected chi connectivity index (χ4v) is 2.43. The van der Waals surface area contributed by atoms with E-state index in [-0.39, 0.29) is 12.4 Å². The van der Waals surface area contributed by atoms with E-state index in [1.807, 2.05) is 37.4 Å². The topological polar surface area (TPSA) is 54.2 Å². The summed E-state index contributed by atoms with van der Waals surface area (Å²) in [5, 5.41) is 7.34. The number of likely N-dealkylation sites (tertiary alicyclic amines) is 1. The largest absolute Gasteiger partial charge is 0.338 e. The normalized spacial score (nSPS) is 18.9. The van der Waals surface area contributed by atoms with E-state index in [1.165, 1.54) is 6.42 Å². The molecule has 5 nitrogen and oxygen atoms in total. The van der Waals surface area contributed by atoms with Crippen LogP contribution in [0.25, 0.3) is 11.4 Å². The first-order valence-electron chi connectivity index (χ1n) is 6.63. The van der Waals surface area contributed by atoms with Crippen molar-refractivity contribution in [2.45, 2.75) is 19.0 Å². The van der Waals surface area contributed by atoms with E-state index in [1.54, 1.807) is 0 Å². The highest BCUT2D eigenvalue weighted by molar-refractivity contribution is 5.85. The number of benzene rings is 1. The summed E-state index contributed by atoms with van der Waals surface area (Å²) >= 11 is 0. The molecule has 1 N–H and O–H groups in total. The molecular formula is C14H19ClN4O. The Morgan fingerprint density at radius 1 is 1.35 bits per heavy atom. The van der Waals surface area contributed by atoms with Gasteiger partial charge in [-0.25, -0.2) is 0 Å². The van der Waals surface area contributed by atoms with Gasteiger partial charge in [0.25, 0.3) is 0 Å². The van der Waals surface area contributed by atoms with Crippen LogP contribution >= 0.6 is 12.4 Å². The Bertz CT molecular complexity index is 531. The number of halogens is 1. The molecule has 1 fully saturated rings. The number of nitrogens with zero attached hydrogens (tertiary/aromatic N) is 3. The van der Waals surface area contributed by atoms with E-state index in [2.05, 4.69) is 20.4 Å². The third kappa shape index (κ3) is 3.36. The average molecular weight is 295 g/mol. The summed E-state index contributed by atoms with van der Waals surface area (Å²) in [5.41, 5.74) is 0.993. The van der Waals surface area contributed by atoms with Gasteiger partial charge in [0.2, 0.25) is 11.7 Å². The Kier molecular flexibility index (Phi) is 5.11. The third-order valence-electron chi connectivity index (χ3n) is 3.54. The summed E-state index contributed by atoms with van der Waals surface area (Å²) < 4.78 is 5.33. The zero-order chi connectivity index (χ0) is 13.1. The number of hydrogen-bond acceptors (Lipinski definition) is 5. The summed E-state index contributed by atoms with van der Waals surface area (Å²) in [6.45, 7) is 2.85. The molecule has 1 atom stereocenters. The lowest BCUT2D eigenvalue weighted by atomic mass is 10.2. The molecule has 0 amide bonds. The number of likely N-dealkylation sites (N-methyl/N-ethyl adjacent to an activating group) is 1. The van der Waals surface area contributed by atoms with Gasteiger partial charge in [-0.1, -0.05) is 35.5 Å². The maximum Gasteiger partial charge on any atom is 0.241 e. The predicted octanol–water partition coefficient (Wildman–Crippen LogP) is 1.95. The maximum absolute atomic E-state index is 5.33. The van der Waals surface area contributed by atoms with E-state index < -0.39 is 0 Å². The molecule has 0 radical (unpaired) electrons. The van der Waals surface area contributed by atoms with Crippen LogP contribution in [0.15, 0.2) is 34.9 Å². The van der Waals surface area contributed by atoms with Crippen molar-refractivity contribution in [3.63, 3.8) is 0 Å². The molecule has 0 bridgehead atoms. The summed E-state index contributed by atoms with van der Waals surface area (Å²) in [7, 11) is 2.01. The van der Waals surface area contributed by atoms with Crippen molar-refractivity contribution < 1.29 is 4.52 Å². The predicted molar refractivity (Wildman–Crippen MR) is 79.7 cm³/mol. The smallest absolute Gasteiger partial charge is 0.241 e. The van der Waals surface area contributed by atoms with Crippen LogP contribution in [-0.2, 0) is 6.54 Å². The molecular weight excluding hydrogens is 276 g/mol. The van der Waals surface area contributed by atoms with E-state index in [4.69, 9.17) is 4.52 Å². The van der Waals surface area contributed by atoms with Gasteiger partial charge in [-0.3, -0.25) is 4.90 Å². The van der Waals surface area contributed by atoms with E-state index in [9.17, 15) is 0 Å². The summed E-state index contributed by atoms with van der Waals surface area (Å²) in [6.07, 6.45) is 1.18. The fourth-order valence-electron chi connectivity index (χ4n) is 2.43. The van der Waals surface area contributed by atoms with E-state index in [0.29, 0.717) is 17.8 Å². The summed E-state index contributed by atoms with van der Waals surface area (Å²) in [4.78, 5) is 6.79. The number of hydrogen-bond donors (Lipinski definition) is 1. The van der Waals surface area contributed by atoms with Gasteiger partial charge in [0, 0.05) is 24.7 Å². The zero-order valence-electron chi connectivity index (χ0n) is 11.5. The van der Waals surface area contributed by atoms with Crippen LogP contribution in [0.3, 0.4) is 0 Å². The van der Waals surface area contributed by atoms with E-state index in [0.717, 1.165) is 25.2 Å².